The van der Waals surface area contributed by atoms with Gasteiger partial charge in [0.15, 0.2) is 22.5 Å². The fourth-order valence-corrected chi connectivity index (χ4v) is 3.96. The monoisotopic (exact) mass is 390 g/mol. The maximum atomic E-state index is 13.9. The molecule has 26 heavy (non-hydrogen) atoms. The normalized spacial score (nSPS) is 10.6. The molecule has 0 aliphatic heterocycles. The van der Waals surface area contributed by atoms with Crippen LogP contribution in [0.5, 0.6) is 5.75 Å². The van der Waals surface area contributed by atoms with Crippen molar-refractivity contribution in [2.24, 2.45) is 0 Å². The zero-order chi connectivity index (χ0) is 18.8. The number of carbonyl (C=O) groups excluding carboxylic acids is 2. The molecule has 2 aromatic heterocycles. The molecule has 0 radical (unpaired) electrons. The summed E-state index contributed by atoms with van der Waals surface area (Å²) in [5.41, 5.74) is 1.61. The lowest BCUT2D eigenvalue weighted by Gasteiger charge is -2.04. The van der Waals surface area contributed by atoms with Crippen LogP contribution in [0.25, 0.3) is 11.3 Å². The molecular weight excluding hydrogens is 375 g/mol. The van der Waals surface area contributed by atoms with Gasteiger partial charge in [0.25, 0.3) is 5.91 Å². The molecule has 8 heteroatoms. The Kier molecular flexibility index (Phi) is 5.15. The maximum absolute atomic E-state index is 13.9. The molecule has 0 bridgehead atoms. The first kappa shape index (κ1) is 18.2. The first-order valence-electron chi connectivity index (χ1n) is 7.61. The van der Waals surface area contributed by atoms with Gasteiger partial charge < -0.3 is 4.74 Å². The van der Waals surface area contributed by atoms with E-state index in [1.165, 1.54) is 48.8 Å². The molecule has 1 aromatic carbocycles. The van der Waals surface area contributed by atoms with Crippen molar-refractivity contribution >= 4 is 39.5 Å². The van der Waals surface area contributed by atoms with Gasteiger partial charge in [-0.1, -0.05) is 0 Å². The van der Waals surface area contributed by atoms with Gasteiger partial charge in [0, 0.05) is 15.8 Å². The SMILES string of the molecule is COc1ccc(-c2nc(NC(=O)c3csc(C(C)=O)c3)sc2C)cc1F. The Hall–Kier alpha value is -2.58. The number of ether oxygens (including phenoxy) is 1. The van der Waals surface area contributed by atoms with Crippen molar-refractivity contribution in [2.45, 2.75) is 13.8 Å². The van der Waals surface area contributed by atoms with Crippen molar-refractivity contribution in [3.8, 4) is 17.0 Å². The first-order valence-corrected chi connectivity index (χ1v) is 9.31. The predicted octanol–water partition coefficient (Wildman–Crippen LogP) is 4.78. The lowest BCUT2D eigenvalue weighted by Crippen LogP contribution is -2.10. The number of amides is 1. The standard InChI is InChI=1S/C18H15FN2O3S2/c1-9(22)15-7-12(8-25-15)17(23)21-18-20-16(10(2)26-18)11-4-5-14(24-3)13(19)6-11/h4-8H,1-3H3,(H,20,21,23). The van der Waals surface area contributed by atoms with Crippen LogP contribution in [-0.2, 0) is 0 Å². The van der Waals surface area contributed by atoms with Gasteiger partial charge in [-0.2, -0.15) is 0 Å². The van der Waals surface area contributed by atoms with E-state index in [0.717, 1.165) is 4.88 Å². The van der Waals surface area contributed by atoms with Crippen molar-refractivity contribution in [3.63, 3.8) is 0 Å². The molecule has 2 heterocycles. The van der Waals surface area contributed by atoms with Crippen molar-refractivity contribution in [3.05, 3.63) is 50.8 Å². The number of methoxy groups -OCH3 is 1. The molecule has 0 spiro atoms. The number of ketones is 1. The Morgan fingerprint density at radius 1 is 1.27 bits per heavy atom. The number of anilines is 1. The first-order chi connectivity index (χ1) is 12.4. The lowest BCUT2D eigenvalue weighted by molar-refractivity contribution is 0.102. The van der Waals surface area contributed by atoms with E-state index >= 15 is 0 Å². The smallest absolute Gasteiger partial charge is 0.258 e. The average Bonchev–Trinajstić information content (AvgIpc) is 3.22. The number of thiophene rings is 1. The molecule has 3 rings (SSSR count). The number of hydrogen-bond acceptors (Lipinski definition) is 6. The molecule has 3 aromatic rings. The number of halogens is 1. The summed E-state index contributed by atoms with van der Waals surface area (Å²) in [5.74, 6) is -0.732. The van der Waals surface area contributed by atoms with Gasteiger partial charge in [-0.15, -0.1) is 22.7 Å². The minimum atomic E-state index is -0.474. The van der Waals surface area contributed by atoms with E-state index in [1.54, 1.807) is 17.5 Å². The van der Waals surface area contributed by atoms with Crippen molar-refractivity contribution in [1.29, 1.82) is 0 Å². The minimum Gasteiger partial charge on any atom is -0.494 e. The van der Waals surface area contributed by atoms with E-state index < -0.39 is 5.82 Å². The highest BCUT2D eigenvalue weighted by molar-refractivity contribution is 7.16. The van der Waals surface area contributed by atoms with Gasteiger partial charge in [-0.25, -0.2) is 9.37 Å². The molecule has 0 atom stereocenters. The Morgan fingerprint density at radius 3 is 2.65 bits per heavy atom. The molecule has 0 unspecified atom stereocenters. The Bertz CT molecular complexity index is 994. The Labute approximate surface area is 157 Å². The second-order valence-electron chi connectivity index (χ2n) is 5.48. The summed E-state index contributed by atoms with van der Waals surface area (Å²) < 4.78 is 18.8. The summed E-state index contributed by atoms with van der Waals surface area (Å²) in [6, 6.07) is 6.16. The van der Waals surface area contributed by atoms with Crippen LogP contribution in [0.4, 0.5) is 9.52 Å². The number of hydrogen-bond donors (Lipinski definition) is 1. The van der Waals surface area contributed by atoms with Gasteiger partial charge in [-0.05, 0) is 38.1 Å². The number of nitrogens with one attached hydrogen (secondary N) is 1. The van der Waals surface area contributed by atoms with Crippen LogP contribution >= 0.6 is 22.7 Å². The summed E-state index contributed by atoms with van der Waals surface area (Å²) in [5, 5.41) is 4.77. The van der Waals surface area contributed by atoms with Crippen LogP contribution in [0, 0.1) is 12.7 Å². The van der Waals surface area contributed by atoms with E-state index in [2.05, 4.69) is 10.3 Å². The van der Waals surface area contributed by atoms with Crippen molar-refractivity contribution < 1.29 is 18.7 Å². The molecule has 1 N–H and O–H groups in total. The van der Waals surface area contributed by atoms with Crippen LogP contribution in [0.2, 0.25) is 0 Å². The molecule has 1 amide bonds. The van der Waals surface area contributed by atoms with Crippen LogP contribution in [0.3, 0.4) is 0 Å². The summed E-state index contributed by atoms with van der Waals surface area (Å²) in [6.07, 6.45) is 0. The summed E-state index contributed by atoms with van der Waals surface area (Å²) in [4.78, 5) is 29.4. The number of carbonyl (C=O) groups is 2. The van der Waals surface area contributed by atoms with Crippen LogP contribution in [0.1, 0.15) is 31.8 Å². The van der Waals surface area contributed by atoms with E-state index in [9.17, 15) is 14.0 Å². The molecule has 0 saturated carbocycles. The average molecular weight is 390 g/mol. The lowest BCUT2D eigenvalue weighted by atomic mass is 10.1. The van der Waals surface area contributed by atoms with Crippen molar-refractivity contribution in [2.75, 3.05) is 12.4 Å². The van der Waals surface area contributed by atoms with Gasteiger partial charge in [-0.3, -0.25) is 14.9 Å². The maximum Gasteiger partial charge on any atom is 0.258 e. The van der Waals surface area contributed by atoms with Gasteiger partial charge in [0.2, 0.25) is 0 Å². The van der Waals surface area contributed by atoms with E-state index in [4.69, 9.17) is 4.74 Å². The summed E-state index contributed by atoms with van der Waals surface area (Å²) >= 11 is 2.53. The highest BCUT2D eigenvalue weighted by Crippen LogP contribution is 2.32. The largest absolute Gasteiger partial charge is 0.494 e. The molecule has 0 fully saturated rings. The topological polar surface area (TPSA) is 68.3 Å². The van der Waals surface area contributed by atoms with Gasteiger partial charge in [0.05, 0.1) is 23.2 Å². The highest BCUT2D eigenvalue weighted by atomic mass is 32.1. The third-order valence-electron chi connectivity index (χ3n) is 3.65. The van der Waals surface area contributed by atoms with Crippen molar-refractivity contribution in [1.82, 2.24) is 4.98 Å². The number of thiazole rings is 1. The number of rotatable bonds is 5. The minimum absolute atomic E-state index is 0.0806. The second-order valence-corrected chi connectivity index (χ2v) is 7.60. The molecule has 0 aliphatic rings. The molecular formula is C18H15FN2O3S2. The number of Topliss-reactive ketones (excluding diaryl/α,β-unsaturated/α-hetero) is 1. The zero-order valence-corrected chi connectivity index (χ0v) is 15.9. The zero-order valence-electron chi connectivity index (χ0n) is 14.3. The number of aryl methyl sites for hydroxylation is 1. The van der Waals surface area contributed by atoms with E-state index in [-0.39, 0.29) is 17.4 Å². The molecule has 0 aliphatic carbocycles. The number of benzene rings is 1. The summed E-state index contributed by atoms with van der Waals surface area (Å²) in [6.45, 7) is 3.31. The van der Waals surface area contributed by atoms with Gasteiger partial charge in [0.1, 0.15) is 0 Å². The fraction of sp³-hybridized carbons (Fsp3) is 0.167. The van der Waals surface area contributed by atoms with Gasteiger partial charge >= 0.3 is 0 Å². The second kappa shape index (κ2) is 7.35. The summed E-state index contributed by atoms with van der Waals surface area (Å²) in [7, 11) is 1.40. The third-order valence-corrected chi connectivity index (χ3v) is 5.57. The Morgan fingerprint density at radius 2 is 2.04 bits per heavy atom. The quantitative estimate of drug-likeness (QED) is 0.637. The third kappa shape index (κ3) is 3.66. The number of aromatic nitrogens is 1. The van der Waals surface area contributed by atoms with Crippen LogP contribution < -0.4 is 10.1 Å². The molecule has 0 saturated heterocycles. The van der Waals surface area contributed by atoms with Crippen LogP contribution in [0.15, 0.2) is 29.6 Å². The molecule has 134 valence electrons. The Balaban J connectivity index is 1.82. The van der Waals surface area contributed by atoms with E-state index in [1.807, 2.05) is 6.92 Å². The fourth-order valence-electron chi connectivity index (χ4n) is 2.34. The predicted molar refractivity (Wildman–Crippen MR) is 101 cm³/mol. The number of nitrogens with zero attached hydrogens (tertiary/aromatic N) is 1. The van der Waals surface area contributed by atoms with E-state index in [0.29, 0.717) is 26.8 Å². The molecule has 5 nitrogen and oxygen atoms in total. The van der Waals surface area contributed by atoms with Crippen LogP contribution in [-0.4, -0.2) is 23.8 Å². The highest BCUT2D eigenvalue weighted by Gasteiger charge is 2.16.